The number of rotatable bonds is 7. The van der Waals surface area contributed by atoms with Crippen molar-refractivity contribution in [1.29, 1.82) is 0 Å². The molecule has 0 aliphatic carbocycles. The third-order valence-electron chi connectivity index (χ3n) is 2.15. The summed E-state index contributed by atoms with van der Waals surface area (Å²) in [7, 11) is 0. The minimum Gasteiger partial charge on any atom is -0.462 e. The molecule has 2 unspecified atom stereocenters. The Labute approximate surface area is 97.1 Å². The van der Waals surface area contributed by atoms with Crippen LogP contribution in [0.15, 0.2) is 12.2 Å². The van der Waals surface area contributed by atoms with E-state index in [2.05, 4.69) is 20.4 Å². The fourth-order valence-electron chi connectivity index (χ4n) is 1.17. The number of carbonyl (C=O) groups excluding carboxylic acids is 1. The molecular formula is C12H25O2P. The van der Waals surface area contributed by atoms with Crippen LogP contribution in [0.25, 0.3) is 0 Å². The highest BCUT2D eigenvalue weighted by Gasteiger charge is 2.07. The molecule has 0 amide bonds. The molecule has 2 nitrogen and oxygen atoms in total. The number of hydrogen-bond donors (Lipinski definition) is 0. The lowest BCUT2D eigenvalue weighted by molar-refractivity contribution is -0.140. The molecule has 2 atom stereocenters. The molecule has 0 aliphatic heterocycles. The van der Waals surface area contributed by atoms with Gasteiger partial charge in [0.25, 0.3) is 0 Å². The Hall–Kier alpha value is -0.360. The molecule has 0 N–H and O–H groups in total. The molecule has 0 radical (unpaired) electrons. The Morgan fingerprint density at radius 3 is 2.47 bits per heavy atom. The van der Waals surface area contributed by atoms with Crippen LogP contribution in [-0.2, 0) is 9.53 Å². The molecule has 0 rings (SSSR count). The average Bonchev–Trinajstić information content (AvgIpc) is 2.14. The summed E-state index contributed by atoms with van der Waals surface area (Å²) in [5.74, 6) is 0.192. The van der Waals surface area contributed by atoms with E-state index in [1.807, 2.05) is 0 Å². The second kappa shape index (κ2) is 10.2. The van der Waals surface area contributed by atoms with Gasteiger partial charge in [-0.05, 0) is 19.3 Å². The van der Waals surface area contributed by atoms with Crippen LogP contribution in [-0.4, -0.2) is 12.6 Å². The molecule has 90 valence electrons. The van der Waals surface area contributed by atoms with Crippen molar-refractivity contribution in [3.05, 3.63) is 12.2 Å². The lowest BCUT2D eigenvalue weighted by atomic mass is 10.0. The van der Waals surface area contributed by atoms with Gasteiger partial charge in [-0.3, -0.25) is 0 Å². The summed E-state index contributed by atoms with van der Waals surface area (Å²) < 4.78 is 5.06. The van der Waals surface area contributed by atoms with E-state index in [1.54, 1.807) is 6.92 Å². The van der Waals surface area contributed by atoms with Crippen LogP contribution in [0.4, 0.5) is 0 Å². The summed E-state index contributed by atoms with van der Waals surface area (Å²) >= 11 is 0. The predicted molar refractivity (Wildman–Crippen MR) is 70.2 cm³/mol. The molecule has 0 aromatic carbocycles. The van der Waals surface area contributed by atoms with Crippen LogP contribution < -0.4 is 0 Å². The third-order valence-corrected chi connectivity index (χ3v) is 2.15. The van der Waals surface area contributed by atoms with E-state index < -0.39 is 0 Å². The summed E-state index contributed by atoms with van der Waals surface area (Å²) in [6.07, 6.45) is 4.86. The number of carbonyl (C=O) groups is 1. The molecule has 0 aromatic heterocycles. The van der Waals surface area contributed by atoms with E-state index in [0.717, 1.165) is 6.42 Å². The van der Waals surface area contributed by atoms with Gasteiger partial charge in [0.2, 0.25) is 0 Å². The zero-order chi connectivity index (χ0) is 11.0. The first-order valence-electron chi connectivity index (χ1n) is 5.40. The molecule has 0 saturated carbocycles. The molecule has 0 bridgehead atoms. The van der Waals surface area contributed by atoms with Gasteiger partial charge in [0.15, 0.2) is 0 Å². The van der Waals surface area contributed by atoms with E-state index in [1.165, 1.54) is 19.3 Å². The fraction of sp³-hybridized carbons (Fsp3) is 0.750. The van der Waals surface area contributed by atoms with Crippen molar-refractivity contribution in [2.24, 2.45) is 5.92 Å². The third kappa shape index (κ3) is 9.93. The summed E-state index contributed by atoms with van der Waals surface area (Å²) in [5.41, 5.74) is 0.478. The molecule has 0 heterocycles. The minimum atomic E-state index is -0.271. The zero-order valence-electron chi connectivity index (χ0n) is 10.3. The maximum Gasteiger partial charge on any atom is 0.333 e. The van der Waals surface area contributed by atoms with Crippen LogP contribution in [0.1, 0.15) is 46.5 Å². The maximum atomic E-state index is 11.1. The van der Waals surface area contributed by atoms with E-state index in [9.17, 15) is 4.79 Å². The summed E-state index contributed by atoms with van der Waals surface area (Å²) in [5, 5.41) is 0. The monoisotopic (exact) mass is 232 g/mol. The summed E-state index contributed by atoms with van der Waals surface area (Å²) in [4.78, 5) is 11.1. The Balaban J connectivity index is 0. The van der Waals surface area contributed by atoms with Gasteiger partial charge in [-0.25, -0.2) is 4.79 Å². The van der Waals surface area contributed by atoms with Crippen molar-refractivity contribution in [2.45, 2.75) is 46.5 Å². The molecule has 3 heteroatoms. The average molecular weight is 232 g/mol. The van der Waals surface area contributed by atoms with Crippen LogP contribution in [0.2, 0.25) is 0 Å². The van der Waals surface area contributed by atoms with Crippen LogP contribution in [0.3, 0.4) is 0 Å². The van der Waals surface area contributed by atoms with Gasteiger partial charge < -0.3 is 4.74 Å². The van der Waals surface area contributed by atoms with Crippen molar-refractivity contribution in [3.8, 4) is 0 Å². The number of ether oxygens (including phenoxy) is 1. The maximum absolute atomic E-state index is 11.1. The first-order valence-corrected chi connectivity index (χ1v) is 5.40. The summed E-state index contributed by atoms with van der Waals surface area (Å²) in [6, 6.07) is 0. The quantitative estimate of drug-likeness (QED) is 0.291. The van der Waals surface area contributed by atoms with Gasteiger partial charge >= 0.3 is 5.97 Å². The highest BCUT2D eigenvalue weighted by atomic mass is 31.0. The molecular weight excluding hydrogens is 207 g/mol. The second-order valence-corrected chi connectivity index (χ2v) is 3.98. The Kier molecular flexibility index (Phi) is 11.6. The van der Waals surface area contributed by atoms with E-state index in [0.29, 0.717) is 18.1 Å². The minimum absolute atomic E-state index is 0. The normalized spacial score (nSPS) is 11.4. The summed E-state index contributed by atoms with van der Waals surface area (Å²) in [6.45, 7) is 10.0. The molecule has 0 fully saturated rings. The van der Waals surface area contributed by atoms with Gasteiger partial charge in [-0.2, -0.15) is 9.90 Å². The molecule has 15 heavy (non-hydrogen) atoms. The van der Waals surface area contributed by atoms with Crippen LogP contribution >= 0.6 is 9.90 Å². The fourth-order valence-corrected chi connectivity index (χ4v) is 1.17. The Bertz CT molecular complexity index is 190. The topological polar surface area (TPSA) is 26.3 Å². The van der Waals surface area contributed by atoms with Gasteiger partial charge in [0.05, 0.1) is 6.61 Å². The van der Waals surface area contributed by atoms with Crippen molar-refractivity contribution >= 4 is 15.9 Å². The Morgan fingerprint density at radius 2 is 2.00 bits per heavy atom. The van der Waals surface area contributed by atoms with E-state index >= 15 is 0 Å². The van der Waals surface area contributed by atoms with Gasteiger partial charge in [-0.1, -0.05) is 39.7 Å². The van der Waals surface area contributed by atoms with Crippen molar-refractivity contribution < 1.29 is 9.53 Å². The molecule has 0 saturated heterocycles. The standard InChI is InChI=1S/C12H22O2.H3P/c1-5-6-7-8-11(4)9-14-12(13)10(2)3;/h11H,2,5-9H2,1,3-4H3;1H3. The smallest absolute Gasteiger partial charge is 0.333 e. The first-order chi connectivity index (χ1) is 6.57. The van der Waals surface area contributed by atoms with Crippen molar-refractivity contribution in [3.63, 3.8) is 0 Å². The highest BCUT2D eigenvalue weighted by Crippen LogP contribution is 2.10. The first kappa shape index (κ1) is 17.0. The van der Waals surface area contributed by atoms with E-state index in [4.69, 9.17) is 4.74 Å². The molecule has 0 spiro atoms. The molecule has 0 aromatic rings. The molecule has 0 aliphatic rings. The number of esters is 1. The SMILES string of the molecule is C=C(C)C(=O)OCC(C)CCCCC.P. The zero-order valence-corrected chi connectivity index (χ0v) is 11.8. The van der Waals surface area contributed by atoms with E-state index in [-0.39, 0.29) is 15.9 Å². The van der Waals surface area contributed by atoms with Crippen LogP contribution in [0.5, 0.6) is 0 Å². The lowest BCUT2D eigenvalue weighted by Gasteiger charge is -2.11. The van der Waals surface area contributed by atoms with Gasteiger partial charge in [0.1, 0.15) is 0 Å². The largest absolute Gasteiger partial charge is 0.462 e. The Morgan fingerprint density at radius 1 is 1.40 bits per heavy atom. The number of unbranched alkanes of at least 4 members (excludes halogenated alkanes) is 2. The van der Waals surface area contributed by atoms with Crippen molar-refractivity contribution in [2.75, 3.05) is 6.61 Å². The highest BCUT2D eigenvalue weighted by molar-refractivity contribution is 6.92. The lowest BCUT2D eigenvalue weighted by Crippen LogP contribution is -2.12. The second-order valence-electron chi connectivity index (χ2n) is 3.98. The van der Waals surface area contributed by atoms with Crippen molar-refractivity contribution in [1.82, 2.24) is 0 Å². The number of hydrogen-bond acceptors (Lipinski definition) is 2. The predicted octanol–water partition coefficient (Wildman–Crippen LogP) is 3.38. The van der Waals surface area contributed by atoms with Crippen LogP contribution in [0, 0.1) is 5.92 Å². The van der Waals surface area contributed by atoms with Gasteiger partial charge in [-0.15, -0.1) is 0 Å². The van der Waals surface area contributed by atoms with Gasteiger partial charge in [0, 0.05) is 5.57 Å².